The topological polar surface area (TPSA) is 125 Å². The number of benzene rings is 2. The van der Waals surface area contributed by atoms with Gasteiger partial charge in [0.25, 0.3) is 5.82 Å². The van der Waals surface area contributed by atoms with Crippen molar-refractivity contribution < 1.29 is 27.8 Å². The van der Waals surface area contributed by atoms with E-state index in [2.05, 4.69) is 50.7 Å². The molecule has 0 aliphatic heterocycles. The number of nitrogens with one attached hydrogen (secondary N) is 1. The van der Waals surface area contributed by atoms with Crippen LogP contribution in [0.5, 0.6) is 0 Å². The van der Waals surface area contributed by atoms with Gasteiger partial charge in [-0.3, -0.25) is 5.10 Å². The maximum atomic E-state index is 12.9. The number of ether oxygens (including phenoxy) is 2. The van der Waals surface area contributed by atoms with Crippen molar-refractivity contribution in [2.24, 2.45) is 0 Å². The van der Waals surface area contributed by atoms with Crippen LogP contribution in [0.15, 0.2) is 61.2 Å². The molecule has 13 heteroatoms. The van der Waals surface area contributed by atoms with Gasteiger partial charge in [-0.1, -0.05) is 40.2 Å². The van der Waals surface area contributed by atoms with E-state index in [0.29, 0.717) is 11.9 Å². The molecule has 0 saturated carbocycles. The van der Waals surface area contributed by atoms with Crippen molar-refractivity contribution in [3.05, 3.63) is 95.6 Å². The lowest BCUT2D eigenvalue weighted by atomic mass is 10.2. The third-order valence-electron chi connectivity index (χ3n) is 3.98. The molecule has 35 heavy (non-hydrogen) atoms. The van der Waals surface area contributed by atoms with Crippen LogP contribution >= 0.6 is 15.9 Å². The number of hydrogen-bond acceptors (Lipinski definition) is 8. The van der Waals surface area contributed by atoms with Gasteiger partial charge >= 0.3 is 11.9 Å². The number of rotatable bonds is 5. The molecular weight excluding hydrogens is 530 g/mol. The zero-order valence-corrected chi connectivity index (χ0v) is 20.3. The summed E-state index contributed by atoms with van der Waals surface area (Å²) < 4.78 is 35.5. The van der Waals surface area contributed by atoms with Crippen LogP contribution in [0.3, 0.4) is 0 Å². The monoisotopic (exact) mass is 550 g/mol. The first kappa shape index (κ1) is 27.2. The third-order valence-corrected chi connectivity index (χ3v) is 4.62. The number of nitrogens with zero attached hydrogens (tertiary/aromatic N) is 5. The van der Waals surface area contributed by atoms with E-state index in [1.807, 2.05) is 6.07 Å². The molecule has 0 radical (unpaired) electrons. The lowest BCUT2D eigenvalue weighted by Gasteiger charge is -2.00. The average Bonchev–Trinajstić information content (AvgIpc) is 3.57. The van der Waals surface area contributed by atoms with E-state index in [4.69, 9.17) is 0 Å². The number of alkyl halides is 1. The van der Waals surface area contributed by atoms with E-state index >= 15 is 0 Å². The Morgan fingerprint density at radius 1 is 0.971 bits per heavy atom. The smallest absolute Gasteiger partial charge is 0.377 e. The van der Waals surface area contributed by atoms with Crippen LogP contribution in [0.1, 0.15) is 32.4 Å². The second-order valence-electron chi connectivity index (χ2n) is 6.48. The fraction of sp³-hybridized carbons (Fsp3) is 0.182. The number of halogens is 3. The largest absolute Gasteiger partial charge is 0.463 e. The Bertz CT molecular complexity index is 1220. The molecule has 1 N–H and O–H groups in total. The number of esters is 2. The normalized spacial score (nSPS) is 9.74. The molecule has 4 rings (SSSR count). The van der Waals surface area contributed by atoms with E-state index < -0.39 is 11.9 Å². The van der Waals surface area contributed by atoms with Crippen LogP contribution in [0.2, 0.25) is 0 Å². The Balaban J connectivity index is 0.000000203. The summed E-state index contributed by atoms with van der Waals surface area (Å²) >= 11 is 3.22. The highest BCUT2D eigenvalue weighted by Crippen LogP contribution is 2.07. The van der Waals surface area contributed by atoms with E-state index in [1.165, 1.54) is 55.8 Å². The molecule has 0 bridgehead atoms. The van der Waals surface area contributed by atoms with Crippen molar-refractivity contribution in [1.82, 2.24) is 29.9 Å². The lowest BCUT2D eigenvalue weighted by molar-refractivity contribution is 0.0578. The Hall–Kier alpha value is -4.00. The van der Waals surface area contributed by atoms with E-state index in [9.17, 15) is 18.4 Å². The summed E-state index contributed by atoms with van der Waals surface area (Å²) in [5.74, 6) is -1.47. The molecule has 0 amide bonds. The van der Waals surface area contributed by atoms with Crippen LogP contribution in [0.4, 0.5) is 8.78 Å². The molecule has 2 aromatic heterocycles. The number of carbonyl (C=O) groups excluding carboxylic acids is 2. The SMILES string of the molecule is COC(=O)c1ncn(Cc2cccc(F)c2)n1.COC(=O)c1ncn[nH]1.Fc1cccc(CBr)c1. The van der Waals surface area contributed by atoms with Gasteiger partial charge in [0.15, 0.2) is 0 Å². The molecule has 4 aromatic rings. The Morgan fingerprint density at radius 3 is 2.11 bits per heavy atom. The minimum Gasteiger partial charge on any atom is -0.463 e. The van der Waals surface area contributed by atoms with Crippen molar-refractivity contribution >= 4 is 27.9 Å². The molecule has 0 unspecified atom stereocenters. The quantitative estimate of drug-likeness (QED) is 0.295. The minimum absolute atomic E-state index is 0.0103. The van der Waals surface area contributed by atoms with E-state index in [1.54, 1.807) is 18.2 Å². The van der Waals surface area contributed by atoms with Gasteiger partial charge in [0.2, 0.25) is 5.82 Å². The van der Waals surface area contributed by atoms with E-state index in [-0.39, 0.29) is 23.3 Å². The summed E-state index contributed by atoms with van der Waals surface area (Å²) in [4.78, 5) is 29.0. The fourth-order valence-corrected chi connectivity index (χ4v) is 2.75. The first-order valence-corrected chi connectivity index (χ1v) is 10.9. The maximum Gasteiger partial charge on any atom is 0.377 e. The van der Waals surface area contributed by atoms with E-state index in [0.717, 1.165) is 11.1 Å². The Kier molecular flexibility index (Phi) is 11.1. The average molecular weight is 551 g/mol. The number of aromatic amines is 1. The first-order valence-electron chi connectivity index (χ1n) is 9.82. The van der Waals surface area contributed by atoms with Crippen LogP contribution in [0, 0.1) is 11.6 Å². The zero-order valence-electron chi connectivity index (χ0n) is 18.7. The molecule has 10 nitrogen and oxygen atoms in total. The molecule has 0 aliphatic carbocycles. The number of aromatic nitrogens is 6. The predicted molar refractivity (Wildman–Crippen MR) is 124 cm³/mol. The minimum atomic E-state index is -0.594. The Labute approximate surface area is 207 Å². The van der Waals surface area contributed by atoms with Gasteiger partial charge in [-0.15, -0.1) is 5.10 Å². The number of carbonyl (C=O) groups is 2. The predicted octanol–water partition coefficient (Wildman–Crippen LogP) is 3.56. The van der Waals surface area contributed by atoms with Crippen molar-refractivity contribution in [1.29, 1.82) is 0 Å². The van der Waals surface area contributed by atoms with Crippen LogP contribution in [-0.2, 0) is 21.3 Å². The second-order valence-corrected chi connectivity index (χ2v) is 7.04. The highest BCUT2D eigenvalue weighted by Gasteiger charge is 2.11. The highest BCUT2D eigenvalue weighted by molar-refractivity contribution is 9.08. The summed E-state index contributed by atoms with van der Waals surface area (Å²) in [6, 6.07) is 12.7. The van der Waals surface area contributed by atoms with Gasteiger partial charge < -0.3 is 9.47 Å². The fourth-order valence-electron chi connectivity index (χ4n) is 2.40. The summed E-state index contributed by atoms with van der Waals surface area (Å²) in [5.41, 5.74) is 1.71. The molecule has 0 atom stereocenters. The molecule has 2 heterocycles. The molecule has 0 fully saturated rings. The standard InChI is InChI=1S/C11H10FN3O2.C7H6BrF.C4H5N3O2/c1-17-11(16)10-13-7-15(14-10)6-8-3-2-4-9(12)5-8;8-5-6-2-1-3-7(9)4-6;1-9-4(8)3-5-2-6-7-3/h2-5,7H,6H2,1H3;1-4H,5H2;2H,1H3,(H,5,6,7). The summed E-state index contributed by atoms with van der Waals surface area (Å²) in [6.45, 7) is 0.349. The van der Waals surface area contributed by atoms with Gasteiger partial charge in [0.05, 0.1) is 20.8 Å². The molecular formula is C22H21BrF2N6O4. The van der Waals surface area contributed by atoms with Gasteiger partial charge in [-0.05, 0) is 35.4 Å². The molecule has 2 aromatic carbocycles. The van der Waals surface area contributed by atoms with Crippen LogP contribution in [-0.4, -0.2) is 56.1 Å². The van der Waals surface area contributed by atoms with Crippen molar-refractivity contribution in [2.75, 3.05) is 14.2 Å². The van der Waals surface area contributed by atoms with Crippen molar-refractivity contribution in [3.8, 4) is 0 Å². The van der Waals surface area contributed by atoms with Crippen LogP contribution < -0.4 is 0 Å². The van der Waals surface area contributed by atoms with Gasteiger partial charge in [0, 0.05) is 5.33 Å². The number of hydrogen-bond donors (Lipinski definition) is 1. The van der Waals surface area contributed by atoms with Crippen LogP contribution in [0.25, 0.3) is 0 Å². The summed E-state index contributed by atoms with van der Waals surface area (Å²) in [7, 11) is 2.54. The number of H-pyrrole nitrogens is 1. The Morgan fingerprint density at radius 2 is 1.60 bits per heavy atom. The molecule has 0 saturated heterocycles. The highest BCUT2D eigenvalue weighted by atomic mass is 79.9. The summed E-state index contributed by atoms with van der Waals surface area (Å²) in [6.07, 6.45) is 2.64. The summed E-state index contributed by atoms with van der Waals surface area (Å²) in [5, 5.41) is 10.4. The lowest BCUT2D eigenvalue weighted by Crippen LogP contribution is -2.06. The molecule has 0 spiro atoms. The maximum absolute atomic E-state index is 12.9. The second kappa shape index (κ2) is 14.3. The first-order chi connectivity index (χ1) is 16.9. The zero-order chi connectivity index (χ0) is 25.6. The molecule has 184 valence electrons. The number of methoxy groups -OCH3 is 2. The van der Waals surface area contributed by atoms with Crippen molar-refractivity contribution in [2.45, 2.75) is 11.9 Å². The van der Waals surface area contributed by atoms with Gasteiger partial charge in [-0.2, -0.15) is 5.10 Å². The van der Waals surface area contributed by atoms with Gasteiger partial charge in [0.1, 0.15) is 24.3 Å². The molecule has 0 aliphatic rings. The third kappa shape index (κ3) is 9.41. The van der Waals surface area contributed by atoms with Gasteiger partial charge in [-0.25, -0.2) is 33.0 Å². The van der Waals surface area contributed by atoms with Crippen molar-refractivity contribution in [3.63, 3.8) is 0 Å².